The van der Waals surface area contributed by atoms with Gasteiger partial charge in [-0.15, -0.1) is 11.3 Å². The van der Waals surface area contributed by atoms with Gasteiger partial charge < -0.3 is 10.2 Å². The molecule has 0 aliphatic carbocycles. The molecule has 0 radical (unpaired) electrons. The number of alkyl halides is 1. The number of pyridine rings is 1. The normalized spacial score (nSPS) is 18.6. The Morgan fingerprint density at radius 2 is 2.35 bits per heavy atom. The third-order valence-corrected chi connectivity index (χ3v) is 4.15. The van der Waals surface area contributed by atoms with Gasteiger partial charge in [-0.25, -0.2) is 14.4 Å². The van der Waals surface area contributed by atoms with E-state index in [4.69, 9.17) is 11.6 Å². The minimum absolute atomic E-state index is 0.389. The predicted octanol–water partition coefficient (Wildman–Crippen LogP) is 3.79. The highest BCUT2D eigenvalue weighted by molar-refractivity contribution is 7.15. The third-order valence-electron chi connectivity index (χ3n) is 3.13. The van der Waals surface area contributed by atoms with E-state index in [0.717, 1.165) is 15.7 Å². The molecule has 1 atom stereocenters. The highest BCUT2D eigenvalue weighted by Crippen LogP contribution is 2.28. The first kappa shape index (κ1) is 13.6. The maximum Gasteiger partial charge on any atom is 0.188 e. The van der Waals surface area contributed by atoms with E-state index >= 15 is 0 Å². The number of hydrogen-bond acceptors (Lipinski definition) is 5. The maximum absolute atomic E-state index is 13.3. The molecule has 0 spiro atoms. The minimum atomic E-state index is -0.764. The third kappa shape index (κ3) is 3.02. The summed E-state index contributed by atoms with van der Waals surface area (Å²) in [5.74, 6) is 0.629. The Morgan fingerprint density at radius 1 is 1.50 bits per heavy atom. The molecule has 0 saturated carbocycles. The molecule has 0 bridgehead atoms. The van der Waals surface area contributed by atoms with E-state index < -0.39 is 6.17 Å². The Kier molecular flexibility index (Phi) is 3.76. The molecule has 1 fully saturated rings. The smallest absolute Gasteiger partial charge is 0.188 e. The van der Waals surface area contributed by atoms with Gasteiger partial charge in [0.25, 0.3) is 0 Å². The maximum atomic E-state index is 13.3. The second-order valence-corrected chi connectivity index (χ2v) is 6.39. The van der Waals surface area contributed by atoms with Crippen molar-refractivity contribution in [2.75, 3.05) is 23.3 Å². The van der Waals surface area contributed by atoms with Crippen molar-refractivity contribution in [3.8, 4) is 0 Å². The molecule has 20 heavy (non-hydrogen) atoms. The molecule has 3 rings (SSSR count). The molecule has 1 aliphatic rings. The average Bonchev–Trinajstić information content (AvgIpc) is 2.98. The summed E-state index contributed by atoms with van der Waals surface area (Å²) in [7, 11) is 0. The number of nitrogens with zero attached hydrogens (tertiary/aromatic N) is 3. The van der Waals surface area contributed by atoms with Gasteiger partial charge in [0.1, 0.15) is 17.1 Å². The monoisotopic (exact) mass is 312 g/mol. The van der Waals surface area contributed by atoms with Crippen LogP contribution in [0.25, 0.3) is 0 Å². The summed E-state index contributed by atoms with van der Waals surface area (Å²) in [6.07, 6.45) is 1.60. The summed E-state index contributed by atoms with van der Waals surface area (Å²) >= 11 is 7.60. The van der Waals surface area contributed by atoms with Crippen LogP contribution < -0.4 is 10.2 Å². The van der Waals surface area contributed by atoms with E-state index in [2.05, 4.69) is 15.3 Å². The van der Waals surface area contributed by atoms with E-state index in [-0.39, 0.29) is 0 Å². The standard InChI is InChI=1S/C13H14ClFN4S/c1-8-6-16-13(20-8)18-12-5-10(4-11(14)17-12)19-3-2-9(15)7-19/h4-6,9H,2-3,7H2,1H3,(H,16,17,18). The Balaban J connectivity index is 1.83. The van der Waals surface area contributed by atoms with Crippen LogP contribution in [0.2, 0.25) is 5.15 Å². The predicted molar refractivity (Wildman–Crippen MR) is 81.1 cm³/mol. The SMILES string of the molecule is Cc1cnc(Nc2cc(N3CCC(F)C3)cc(Cl)n2)s1. The lowest BCUT2D eigenvalue weighted by Gasteiger charge is -2.18. The van der Waals surface area contributed by atoms with Gasteiger partial charge in [-0.1, -0.05) is 11.6 Å². The molecule has 7 heteroatoms. The summed E-state index contributed by atoms with van der Waals surface area (Å²) in [6.45, 7) is 3.11. The van der Waals surface area contributed by atoms with E-state index in [0.29, 0.717) is 30.5 Å². The topological polar surface area (TPSA) is 41.1 Å². The molecular weight excluding hydrogens is 299 g/mol. The summed E-state index contributed by atoms with van der Waals surface area (Å²) in [5, 5.41) is 4.29. The minimum Gasteiger partial charge on any atom is -0.368 e. The number of aromatic nitrogens is 2. The fourth-order valence-corrected chi connectivity index (χ4v) is 3.08. The van der Waals surface area contributed by atoms with Gasteiger partial charge in [0.05, 0.1) is 0 Å². The van der Waals surface area contributed by atoms with Crippen molar-refractivity contribution in [1.29, 1.82) is 0 Å². The number of rotatable bonds is 3. The summed E-state index contributed by atoms with van der Waals surface area (Å²) < 4.78 is 13.3. The fraction of sp³-hybridized carbons (Fsp3) is 0.385. The van der Waals surface area contributed by atoms with Crippen molar-refractivity contribution in [3.63, 3.8) is 0 Å². The van der Waals surface area contributed by atoms with Crippen molar-refractivity contribution in [3.05, 3.63) is 28.4 Å². The molecule has 1 aliphatic heterocycles. The lowest BCUT2D eigenvalue weighted by Crippen LogP contribution is -2.20. The van der Waals surface area contributed by atoms with Crippen LogP contribution in [0.1, 0.15) is 11.3 Å². The zero-order chi connectivity index (χ0) is 14.1. The Hall–Kier alpha value is -1.40. The Morgan fingerprint density at radius 3 is 3.00 bits per heavy atom. The summed E-state index contributed by atoms with van der Waals surface area (Å²) in [4.78, 5) is 11.6. The highest BCUT2D eigenvalue weighted by atomic mass is 35.5. The summed E-state index contributed by atoms with van der Waals surface area (Å²) in [6, 6.07) is 3.64. The second-order valence-electron chi connectivity index (χ2n) is 4.77. The number of thiazole rings is 1. The lowest BCUT2D eigenvalue weighted by molar-refractivity contribution is 0.364. The average molecular weight is 313 g/mol. The molecule has 4 nitrogen and oxygen atoms in total. The van der Waals surface area contributed by atoms with Crippen molar-refractivity contribution < 1.29 is 4.39 Å². The quantitative estimate of drug-likeness (QED) is 0.875. The zero-order valence-electron chi connectivity index (χ0n) is 10.9. The highest BCUT2D eigenvalue weighted by Gasteiger charge is 2.22. The lowest BCUT2D eigenvalue weighted by atomic mass is 10.3. The zero-order valence-corrected chi connectivity index (χ0v) is 12.5. The molecule has 1 N–H and O–H groups in total. The molecular formula is C13H14ClFN4S. The first-order valence-corrected chi connectivity index (χ1v) is 7.55. The van der Waals surface area contributed by atoms with Crippen molar-refractivity contribution in [2.45, 2.75) is 19.5 Å². The van der Waals surface area contributed by atoms with Crippen LogP contribution in [0.5, 0.6) is 0 Å². The summed E-state index contributed by atoms with van der Waals surface area (Å²) in [5.41, 5.74) is 0.890. The van der Waals surface area contributed by atoms with Crippen LogP contribution in [-0.2, 0) is 0 Å². The Labute approximate surface area is 125 Å². The Bertz CT molecular complexity index is 618. The molecule has 0 amide bonds. The number of nitrogens with one attached hydrogen (secondary N) is 1. The van der Waals surface area contributed by atoms with Crippen LogP contribution in [0, 0.1) is 6.92 Å². The van der Waals surface area contributed by atoms with Gasteiger partial charge in [-0.05, 0) is 19.4 Å². The van der Waals surface area contributed by atoms with Gasteiger partial charge in [0.15, 0.2) is 5.13 Å². The van der Waals surface area contributed by atoms with Crippen LogP contribution >= 0.6 is 22.9 Å². The number of aryl methyl sites for hydroxylation is 1. The van der Waals surface area contributed by atoms with E-state index in [1.807, 2.05) is 17.9 Å². The van der Waals surface area contributed by atoms with Crippen molar-refractivity contribution >= 4 is 39.6 Å². The van der Waals surface area contributed by atoms with Crippen LogP contribution in [0.15, 0.2) is 18.3 Å². The van der Waals surface area contributed by atoms with Crippen LogP contribution in [-0.4, -0.2) is 29.2 Å². The van der Waals surface area contributed by atoms with E-state index in [9.17, 15) is 4.39 Å². The van der Waals surface area contributed by atoms with Crippen molar-refractivity contribution in [2.24, 2.45) is 0 Å². The molecule has 1 saturated heterocycles. The molecule has 106 valence electrons. The fourth-order valence-electron chi connectivity index (χ4n) is 2.20. The van der Waals surface area contributed by atoms with Gasteiger partial charge in [-0.3, -0.25) is 0 Å². The first-order chi connectivity index (χ1) is 9.60. The second kappa shape index (κ2) is 5.54. The number of hydrogen-bond donors (Lipinski definition) is 1. The van der Waals surface area contributed by atoms with Gasteiger partial charge in [-0.2, -0.15) is 0 Å². The number of anilines is 3. The van der Waals surface area contributed by atoms with Gasteiger partial charge in [0.2, 0.25) is 0 Å². The molecule has 2 aromatic rings. The van der Waals surface area contributed by atoms with Gasteiger partial charge >= 0.3 is 0 Å². The largest absolute Gasteiger partial charge is 0.368 e. The molecule has 2 aromatic heterocycles. The van der Waals surface area contributed by atoms with E-state index in [1.54, 1.807) is 23.6 Å². The van der Waals surface area contributed by atoms with E-state index in [1.165, 1.54) is 0 Å². The van der Waals surface area contributed by atoms with Crippen LogP contribution in [0.4, 0.5) is 21.0 Å². The number of halogens is 2. The molecule has 0 aromatic carbocycles. The molecule has 3 heterocycles. The van der Waals surface area contributed by atoms with Crippen LogP contribution in [0.3, 0.4) is 0 Å². The first-order valence-electron chi connectivity index (χ1n) is 6.36. The van der Waals surface area contributed by atoms with Crippen molar-refractivity contribution in [1.82, 2.24) is 9.97 Å². The van der Waals surface area contributed by atoms with Gasteiger partial charge in [0, 0.05) is 35.9 Å². The molecule has 1 unspecified atom stereocenters.